The third-order valence-corrected chi connectivity index (χ3v) is 3.84. The molecule has 0 spiro atoms. The Morgan fingerprint density at radius 2 is 1.50 bits per heavy atom. The summed E-state index contributed by atoms with van der Waals surface area (Å²) in [6.07, 6.45) is 0. The fourth-order valence-electron chi connectivity index (χ4n) is 2.80. The van der Waals surface area contributed by atoms with Gasteiger partial charge in [-0.3, -0.25) is 10.1 Å². The van der Waals surface area contributed by atoms with E-state index in [1.807, 2.05) is 43.4 Å². The second kappa shape index (κ2) is 5.47. The van der Waals surface area contributed by atoms with Crippen molar-refractivity contribution >= 4 is 5.91 Å². The van der Waals surface area contributed by atoms with E-state index in [0.717, 1.165) is 0 Å². The van der Waals surface area contributed by atoms with Crippen molar-refractivity contribution < 1.29 is 4.79 Å². The van der Waals surface area contributed by atoms with Gasteiger partial charge < -0.3 is 4.90 Å². The minimum absolute atomic E-state index is 0.0508. The van der Waals surface area contributed by atoms with Crippen LogP contribution in [0.4, 0.5) is 0 Å². The van der Waals surface area contributed by atoms with Gasteiger partial charge in [0.2, 0.25) is 5.91 Å². The quantitative estimate of drug-likeness (QED) is 0.923. The molecule has 2 aromatic rings. The van der Waals surface area contributed by atoms with E-state index in [-0.39, 0.29) is 17.9 Å². The van der Waals surface area contributed by atoms with Crippen molar-refractivity contribution in [2.75, 3.05) is 13.7 Å². The molecular formula is C17H18N2O. The van der Waals surface area contributed by atoms with Crippen LogP contribution < -0.4 is 5.32 Å². The third-order valence-electron chi connectivity index (χ3n) is 3.84. The number of likely N-dealkylation sites (N-methyl/N-ethyl adjacent to an activating group) is 1. The van der Waals surface area contributed by atoms with E-state index >= 15 is 0 Å². The maximum Gasteiger partial charge on any atom is 0.241 e. The molecule has 2 aromatic carbocycles. The first-order valence-electron chi connectivity index (χ1n) is 6.85. The largest absolute Gasteiger partial charge is 0.332 e. The van der Waals surface area contributed by atoms with Crippen LogP contribution in [-0.4, -0.2) is 30.6 Å². The molecule has 1 aliphatic rings. The lowest BCUT2D eigenvalue weighted by molar-refractivity contribution is -0.128. The van der Waals surface area contributed by atoms with Crippen LogP contribution in [0.15, 0.2) is 60.7 Å². The van der Waals surface area contributed by atoms with Crippen LogP contribution in [0.1, 0.15) is 17.0 Å². The minimum Gasteiger partial charge on any atom is -0.332 e. The number of benzene rings is 2. The fraction of sp³-hybridized carbons (Fsp3) is 0.235. The van der Waals surface area contributed by atoms with Gasteiger partial charge in [-0.2, -0.15) is 0 Å². The lowest BCUT2D eigenvalue weighted by Gasteiger charge is -2.23. The van der Waals surface area contributed by atoms with Crippen LogP contribution >= 0.6 is 0 Å². The minimum atomic E-state index is -0.190. The Balaban J connectivity index is 2.03. The standard InChI is InChI=1S/C17H18N2O/c1-19-12-18-16(17(19)20)15(13-8-4-2-5-9-13)14-10-6-3-7-11-14/h2-11,15-16,18H,12H2,1H3/t16-/m0/s1. The summed E-state index contributed by atoms with van der Waals surface area (Å²) < 4.78 is 0. The Kier molecular flexibility index (Phi) is 3.52. The molecule has 1 heterocycles. The Morgan fingerprint density at radius 3 is 1.90 bits per heavy atom. The molecule has 0 aliphatic carbocycles. The van der Waals surface area contributed by atoms with E-state index in [9.17, 15) is 4.79 Å². The molecule has 3 heteroatoms. The highest BCUT2D eigenvalue weighted by Crippen LogP contribution is 2.30. The van der Waals surface area contributed by atoms with Gasteiger partial charge in [0.25, 0.3) is 0 Å². The molecule has 1 amide bonds. The second-order valence-electron chi connectivity index (χ2n) is 5.18. The van der Waals surface area contributed by atoms with Crippen LogP contribution in [0.5, 0.6) is 0 Å². The molecule has 1 saturated heterocycles. The van der Waals surface area contributed by atoms with Crippen molar-refractivity contribution in [1.82, 2.24) is 10.2 Å². The number of rotatable bonds is 3. The van der Waals surface area contributed by atoms with Gasteiger partial charge in [0, 0.05) is 13.0 Å². The van der Waals surface area contributed by atoms with E-state index in [2.05, 4.69) is 29.6 Å². The Labute approximate surface area is 119 Å². The molecule has 20 heavy (non-hydrogen) atoms. The number of hydrogen-bond acceptors (Lipinski definition) is 2. The summed E-state index contributed by atoms with van der Waals surface area (Å²) in [5.41, 5.74) is 2.33. The van der Waals surface area contributed by atoms with Crippen molar-refractivity contribution in [3.8, 4) is 0 Å². The fourth-order valence-corrected chi connectivity index (χ4v) is 2.80. The predicted molar refractivity (Wildman–Crippen MR) is 79.3 cm³/mol. The number of carbonyl (C=O) groups excluding carboxylic acids is 1. The predicted octanol–water partition coefficient (Wildman–Crippen LogP) is 2.21. The maximum absolute atomic E-state index is 12.4. The van der Waals surface area contributed by atoms with E-state index in [0.29, 0.717) is 6.67 Å². The second-order valence-corrected chi connectivity index (χ2v) is 5.18. The number of nitrogens with one attached hydrogen (secondary N) is 1. The maximum atomic E-state index is 12.4. The van der Waals surface area contributed by atoms with Gasteiger partial charge in [0.05, 0.1) is 12.7 Å². The molecule has 0 saturated carbocycles. The summed E-state index contributed by atoms with van der Waals surface area (Å²) in [7, 11) is 1.84. The van der Waals surface area contributed by atoms with E-state index < -0.39 is 0 Å². The van der Waals surface area contributed by atoms with Gasteiger partial charge in [0.15, 0.2) is 0 Å². The van der Waals surface area contributed by atoms with Gasteiger partial charge in [0.1, 0.15) is 0 Å². The van der Waals surface area contributed by atoms with E-state index in [4.69, 9.17) is 0 Å². The van der Waals surface area contributed by atoms with Crippen LogP contribution in [0.25, 0.3) is 0 Å². The van der Waals surface area contributed by atoms with Gasteiger partial charge in [-0.1, -0.05) is 60.7 Å². The smallest absolute Gasteiger partial charge is 0.241 e. The zero-order chi connectivity index (χ0) is 13.9. The summed E-state index contributed by atoms with van der Waals surface area (Å²) in [5, 5.41) is 3.33. The monoisotopic (exact) mass is 266 g/mol. The molecule has 0 unspecified atom stereocenters. The zero-order valence-electron chi connectivity index (χ0n) is 11.5. The van der Waals surface area contributed by atoms with Gasteiger partial charge in [-0.15, -0.1) is 0 Å². The molecule has 1 N–H and O–H groups in total. The number of carbonyl (C=O) groups is 1. The van der Waals surface area contributed by atoms with E-state index in [1.54, 1.807) is 4.90 Å². The molecule has 0 bridgehead atoms. The average molecular weight is 266 g/mol. The third kappa shape index (κ3) is 2.32. The van der Waals surface area contributed by atoms with Crippen LogP contribution in [0.2, 0.25) is 0 Å². The van der Waals surface area contributed by atoms with Crippen molar-refractivity contribution in [2.24, 2.45) is 0 Å². The lowest BCUT2D eigenvalue weighted by Crippen LogP contribution is -2.35. The molecule has 3 rings (SSSR count). The summed E-state index contributed by atoms with van der Waals surface area (Å²) in [5.74, 6) is 0.206. The van der Waals surface area contributed by atoms with Gasteiger partial charge in [-0.05, 0) is 11.1 Å². The first-order valence-corrected chi connectivity index (χ1v) is 6.85. The average Bonchev–Trinajstić information content (AvgIpc) is 2.82. The van der Waals surface area contributed by atoms with Gasteiger partial charge >= 0.3 is 0 Å². The van der Waals surface area contributed by atoms with Crippen molar-refractivity contribution in [3.05, 3.63) is 71.8 Å². The molecular weight excluding hydrogens is 248 g/mol. The normalized spacial score (nSPS) is 18.8. The van der Waals surface area contributed by atoms with E-state index in [1.165, 1.54) is 11.1 Å². The van der Waals surface area contributed by atoms with Crippen LogP contribution in [0.3, 0.4) is 0 Å². The lowest BCUT2D eigenvalue weighted by atomic mass is 9.85. The summed E-state index contributed by atoms with van der Waals surface area (Å²) in [6, 6.07) is 20.3. The number of nitrogens with zero attached hydrogens (tertiary/aromatic N) is 1. The number of amides is 1. The molecule has 1 aliphatic heterocycles. The first kappa shape index (κ1) is 12.9. The summed E-state index contributed by atoms with van der Waals surface area (Å²) >= 11 is 0. The van der Waals surface area contributed by atoms with Crippen molar-refractivity contribution in [2.45, 2.75) is 12.0 Å². The highest BCUT2D eigenvalue weighted by Gasteiger charge is 2.36. The Morgan fingerprint density at radius 1 is 1.00 bits per heavy atom. The zero-order valence-corrected chi connectivity index (χ0v) is 11.5. The summed E-state index contributed by atoms with van der Waals surface area (Å²) in [4.78, 5) is 14.1. The molecule has 1 atom stereocenters. The molecule has 0 radical (unpaired) electrons. The molecule has 102 valence electrons. The Bertz CT molecular complexity index is 543. The van der Waals surface area contributed by atoms with Crippen LogP contribution in [-0.2, 0) is 4.79 Å². The van der Waals surface area contributed by atoms with Crippen molar-refractivity contribution in [1.29, 1.82) is 0 Å². The van der Waals surface area contributed by atoms with Crippen LogP contribution in [0, 0.1) is 0 Å². The number of hydrogen-bond donors (Lipinski definition) is 1. The molecule has 0 aromatic heterocycles. The molecule has 3 nitrogen and oxygen atoms in total. The molecule has 1 fully saturated rings. The highest BCUT2D eigenvalue weighted by molar-refractivity contribution is 5.85. The van der Waals surface area contributed by atoms with Gasteiger partial charge in [-0.25, -0.2) is 0 Å². The highest BCUT2D eigenvalue weighted by atomic mass is 16.2. The van der Waals surface area contributed by atoms with Crippen molar-refractivity contribution in [3.63, 3.8) is 0 Å². The summed E-state index contributed by atoms with van der Waals surface area (Å²) in [6.45, 7) is 0.611. The topological polar surface area (TPSA) is 32.3 Å². The first-order chi connectivity index (χ1) is 9.77. The SMILES string of the molecule is CN1CN[C@@H](C(c2ccccc2)c2ccccc2)C1=O. The Hall–Kier alpha value is -2.13.